The zero-order valence-corrected chi connectivity index (χ0v) is 14.5. The fourth-order valence-electron chi connectivity index (χ4n) is 1.96. The molecule has 25 heavy (non-hydrogen) atoms. The number of carbonyl (C=O) groups is 2. The maximum absolute atomic E-state index is 11.9. The molecule has 2 N–H and O–H groups in total. The first kappa shape index (κ1) is 18.4. The summed E-state index contributed by atoms with van der Waals surface area (Å²) >= 11 is 5.76. The summed E-state index contributed by atoms with van der Waals surface area (Å²) in [5.41, 5.74) is 4.74. The Morgan fingerprint density at radius 2 is 1.76 bits per heavy atom. The summed E-state index contributed by atoms with van der Waals surface area (Å²) < 4.78 is 0. The number of carbonyl (C=O) groups excluding carboxylic acids is 2. The summed E-state index contributed by atoms with van der Waals surface area (Å²) in [7, 11) is 0. The van der Waals surface area contributed by atoms with Crippen molar-refractivity contribution in [2.24, 2.45) is 5.10 Å². The molecule has 2 rings (SSSR count). The van der Waals surface area contributed by atoms with Gasteiger partial charge in [0.1, 0.15) is 0 Å². The zero-order chi connectivity index (χ0) is 18.1. The lowest BCUT2D eigenvalue weighted by molar-refractivity contribution is -0.120. The molecular formula is C19H18ClN3O2. The van der Waals surface area contributed by atoms with Gasteiger partial charge in [-0.15, -0.1) is 0 Å². The second-order valence-electron chi connectivity index (χ2n) is 5.28. The van der Waals surface area contributed by atoms with Crippen LogP contribution in [0.15, 0.2) is 65.3 Å². The monoisotopic (exact) mass is 355 g/mol. The van der Waals surface area contributed by atoms with Gasteiger partial charge in [0, 0.05) is 10.6 Å². The molecule has 128 valence electrons. The van der Waals surface area contributed by atoms with Crippen molar-refractivity contribution in [3.8, 4) is 0 Å². The molecule has 6 heteroatoms. The molecule has 0 aliphatic carbocycles. The van der Waals surface area contributed by atoms with Crippen LogP contribution in [0, 0.1) is 0 Å². The number of nitrogens with one attached hydrogen (secondary N) is 2. The summed E-state index contributed by atoms with van der Waals surface area (Å²) in [6.07, 6.45) is 3.49. The van der Waals surface area contributed by atoms with E-state index in [-0.39, 0.29) is 12.5 Å². The molecule has 0 fully saturated rings. The molecule has 0 unspecified atom stereocenters. The lowest BCUT2D eigenvalue weighted by Crippen LogP contribution is -2.34. The van der Waals surface area contributed by atoms with Gasteiger partial charge in [-0.2, -0.15) is 5.10 Å². The largest absolute Gasteiger partial charge is 0.343 e. The average Bonchev–Trinajstić information content (AvgIpc) is 2.61. The van der Waals surface area contributed by atoms with Crippen LogP contribution in [0.1, 0.15) is 22.8 Å². The van der Waals surface area contributed by atoms with Crippen molar-refractivity contribution in [2.45, 2.75) is 6.92 Å². The number of hydrogen-bond acceptors (Lipinski definition) is 3. The molecule has 0 saturated carbocycles. The summed E-state index contributed by atoms with van der Waals surface area (Å²) in [5.74, 6) is -0.762. The standard InChI is InChI=1S/C19H18ClN3O2/c1-14(11-15-5-3-2-4-6-15)12-22-23-18(24)13-21-19(25)16-7-9-17(20)10-8-16/h2-12H,13H2,1H3,(H,21,25)(H,23,24)/b14-11+,22-12+. The summed E-state index contributed by atoms with van der Waals surface area (Å²) in [5, 5.41) is 6.93. The molecule has 0 aliphatic rings. The lowest BCUT2D eigenvalue weighted by Gasteiger charge is -2.04. The Morgan fingerprint density at radius 3 is 2.44 bits per heavy atom. The van der Waals surface area contributed by atoms with E-state index in [0.717, 1.165) is 11.1 Å². The van der Waals surface area contributed by atoms with Crippen molar-refractivity contribution in [3.05, 3.63) is 76.3 Å². The van der Waals surface area contributed by atoms with E-state index < -0.39 is 5.91 Å². The normalized spacial score (nSPS) is 11.4. The Morgan fingerprint density at radius 1 is 1.08 bits per heavy atom. The van der Waals surface area contributed by atoms with Gasteiger partial charge in [-0.05, 0) is 42.3 Å². The van der Waals surface area contributed by atoms with Crippen LogP contribution in [0.5, 0.6) is 0 Å². The van der Waals surface area contributed by atoms with Gasteiger partial charge in [-0.1, -0.05) is 48.0 Å². The van der Waals surface area contributed by atoms with Crippen LogP contribution in [0.25, 0.3) is 6.08 Å². The predicted molar refractivity (Wildman–Crippen MR) is 101 cm³/mol. The number of nitrogens with zero attached hydrogens (tertiary/aromatic N) is 1. The van der Waals surface area contributed by atoms with Gasteiger partial charge in [-0.25, -0.2) is 5.43 Å². The highest BCUT2D eigenvalue weighted by atomic mass is 35.5. The van der Waals surface area contributed by atoms with Crippen molar-refractivity contribution in [3.63, 3.8) is 0 Å². The molecule has 2 aromatic rings. The van der Waals surface area contributed by atoms with E-state index in [0.29, 0.717) is 10.6 Å². The third-order valence-corrected chi connectivity index (χ3v) is 3.42. The highest BCUT2D eigenvalue weighted by Crippen LogP contribution is 2.09. The molecule has 0 aliphatic heterocycles. The fourth-order valence-corrected chi connectivity index (χ4v) is 2.08. The summed E-state index contributed by atoms with van der Waals surface area (Å²) in [6, 6.07) is 16.2. The predicted octanol–water partition coefficient (Wildman–Crippen LogP) is 3.28. The van der Waals surface area contributed by atoms with Crippen molar-refractivity contribution < 1.29 is 9.59 Å². The molecule has 2 amide bonds. The minimum atomic E-state index is -0.411. The molecule has 0 saturated heterocycles. The van der Waals surface area contributed by atoms with Crippen LogP contribution in [-0.4, -0.2) is 24.6 Å². The SMILES string of the molecule is CC(/C=N/NC(=O)CNC(=O)c1ccc(Cl)cc1)=C\c1ccccc1. The van der Waals surface area contributed by atoms with E-state index in [2.05, 4.69) is 15.8 Å². The van der Waals surface area contributed by atoms with Gasteiger partial charge in [0.05, 0.1) is 12.8 Å². The van der Waals surface area contributed by atoms with E-state index in [1.54, 1.807) is 30.5 Å². The number of benzene rings is 2. The highest BCUT2D eigenvalue weighted by molar-refractivity contribution is 6.30. The molecule has 0 atom stereocenters. The Bertz CT molecular complexity index is 784. The van der Waals surface area contributed by atoms with Crippen molar-refractivity contribution >= 4 is 35.7 Å². The summed E-state index contributed by atoms with van der Waals surface area (Å²) in [6.45, 7) is 1.71. The van der Waals surface area contributed by atoms with Crippen LogP contribution < -0.4 is 10.7 Å². The Hall–Kier alpha value is -2.92. The summed E-state index contributed by atoms with van der Waals surface area (Å²) in [4.78, 5) is 23.6. The Labute approximate surface area is 151 Å². The first-order valence-electron chi connectivity index (χ1n) is 7.63. The van der Waals surface area contributed by atoms with Gasteiger partial charge in [0.15, 0.2) is 0 Å². The quantitative estimate of drug-likeness (QED) is 0.616. The van der Waals surface area contributed by atoms with Crippen LogP contribution in [0.2, 0.25) is 5.02 Å². The van der Waals surface area contributed by atoms with Gasteiger partial charge in [0.2, 0.25) is 0 Å². The molecule has 0 aromatic heterocycles. The van der Waals surface area contributed by atoms with E-state index in [1.807, 2.05) is 43.3 Å². The fraction of sp³-hybridized carbons (Fsp3) is 0.105. The van der Waals surface area contributed by atoms with Crippen molar-refractivity contribution in [1.29, 1.82) is 0 Å². The number of amides is 2. The average molecular weight is 356 g/mol. The van der Waals surface area contributed by atoms with E-state index in [9.17, 15) is 9.59 Å². The second kappa shape index (κ2) is 9.39. The van der Waals surface area contributed by atoms with Gasteiger partial charge >= 0.3 is 0 Å². The third-order valence-electron chi connectivity index (χ3n) is 3.17. The molecule has 0 bridgehead atoms. The van der Waals surface area contributed by atoms with E-state index in [1.165, 1.54) is 0 Å². The molecule has 2 aromatic carbocycles. The molecular weight excluding hydrogens is 338 g/mol. The number of allylic oxidation sites excluding steroid dienone is 1. The van der Waals surface area contributed by atoms with E-state index in [4.69, 9.17) is 11.6 Å². The van der Waals surface area contributed by atoms with Crippen molar-refractivity contribution in [2.75, 3.05) is 6.54 Å². The lowest BCUT2D eigenvalue weighted by atomic mass is 10.1. The smallest absolute Gasteiger partial charge is 0.259 e. The molecule has 5 nitrogen and oxygen atoms in total. The first-order chi connectivity index (χ1) is 12.0. The number of hydrazone groups is 1. The second-order valence-corrected chi connectivity index (χ2v) is 5.72. The van der Waals surface area contributed by atoms with E-state index >= 15 is 0 Å². The van der Waals surface area contributed by atoms with Gasteiger partial charge in [-0.3, -0.25) is 9.59 Å². The number of halogens is 1. The molecule has 0 spiro atoms. The number of hydrogen-bond donors (Lipinski definition) is 2. The maximum atomic E-state index is 11.9. The Kier molecular flexibility index (Phi) is 6.92. The first-order valence-corrected chi connectivity index (χ1v) is 8.01. The number of rotatable bonds is 6. The van der Waals surface area contributed by atoms with Crippen molar-refractivity contribution in [1.82, 2.24) is 10.7 Å². The zero-order valence-electron chi connectivity index (χ0n) is 13.7. The topological polar surface area (TPSA) is 70.6 Å². The highest BCUT2D eigenvalue weighted by Gasteiger charge is 2.07. The van der Waals surface area contributed by atoms with Crippen LogP contribution in [0.4, 0.5) is 0 Å². The molecule has 0 heterocycles. The van der Waals surface area contributed by atoms with Crippen LogP contribution >= 0.6 is 11.6 Å². The maximum Gasteiger partial charge on any atom is 0.259 e. The third kappa shape index (κ3) is 6.61. The minimum Gasteiger partial charge on any atom is -0.343 e. The molecule has 0 radical (unpaired) electrons. The minimum absolute atomic E-state index is 0.166. The Balaban J connectivity index is 1.77. The van der Waals surface area contributed by atoms with Crippen LogP contribution in [0.3, 0.4) is 0 Å². The van der Waals surface area contributed by atoms with Crippen LogP contribution in [-0.2, 0) is 4.79 Å². The van der Waals surface area contributed by atoms with Gasteiger partial charge in [0.25, 0.3) is 11.8 Å². The van der Waals surface area contributed by atoms with Gasteiger partial charge < -0.3 is 5.32 Å².